The lowest BCUT2D eigenvalue weighted by Gasteiger charge is -2.19. The minimum Gasteiger partial charge on any atom is -0.486 e. The Morgan fingerprint density at radius 3 is 2.89 bits per heavy atom. The van der Waals surface area contributed by atoms with Crippen molar-refractivity contribution in [2.45, 2.75) is 13.0 Å². The van der Waals surface area contributed by atoms with Crippen LogP contribution in [-0.4, -0.2) is 29.3 Å². The van der Waals surface area contributed by atoms with E-state index in [9.17, 15) is 0 Å². The highest BCUT2D eigenvalue weighted by atomic mass is 32.1. The average Bonchev–Trinajstić information content (AvgIpc) is 3.37. The van der Waals surface area contributed by atoms with Gasteiger partial charge in [0.05, 0.1) is 11.2 Å². The summed E-state index contributed by atoms with van der Waals surface area (Å²) in [5, 5.41) is 5.69. The number of hydrogen-bond donors (Lipinski definition) is 1. The van der Waals surface area contributed by atoms with Crippen molar-refractivity contribution in [1.29, 1.82) is 0 Å². The van der Waals surface area contributed by atoms with Crippen molar-refractivity contribution in [1.82, 2.24) is 14.9 Å². The van der Waals surface area contributed by atoms with Gasteiger partial charge in [0.1, 0.15) is 13.2 Å². The minimum absolute atomic E-state index is 0.598. The van der Waals surface area contributed by atoms with Crippen LogP contribution in [0.25, 0.3) is 27.2 Å². The van der Waals surface area contributed by atoms with Crippen LogP contribution in [0.1, 0.15) is 10.6 Å². The van der Waals surface area contributed by atoms with E-state index in [0.717, 1.165) is 41.7 Å². The van der Waals surface area contributed by atoms with Crippen molar-refractivity contribution in [2.24, 2.45) is 0 Å². The Kier molecular flexibility index (Phi) is 3.67. The molecule has 2 aliphatic heterocycles. The molecule has 0 unspecified atom stereocenters. The molecule has 0 amide bonds. The number of rotatable bonds is 2. The zero-order valence-electron chi connectivity index (χ0n) is 15.3. The molecule has 2 aromatic carbocycles. The fraction of sp³-hybridized carbons (Fsp3) is 0.227. The predicted octanol–water partition coefficient (Wildman–Crippen LogP) is 4.17. The van der Waals surface area contributed by atoms with Gasteiger partial charge in [0.15, 0.2) is 16.6 Å². The van der Waals surface area contributed by atoms with Crippen LogP contribution in [0.2, 0.25) is 0 Å². The summed E-state index contributed by atoms with van der Waals surface area (Å²) in [5.74, 6) is 1.64. The lowest BCUT2D eigenvalue weighted by Crippen LogP contribution is -2.22. The summed E-state index contributed by atoms with van der Waals surface area (Å²) in [5.41, 5.74) is 4.74. The van der Waals surface area contributed by atoms with Crippen molar-refractivity contribution < 1.29 is 9.47 Å². The van der Waals surface area contributed by atoms with Crippen LogP contribution in [0.5, 0.6) is 11.5 Å². The van der Waals surface area contributed by atoms with Gasteiger partial charge in [-0.25, -0.2) is 4.98 Å². The molecular formula is C22H19N3O2S. The highest BCUT2D eigenvalue weighted by molar-refractivity contribution is 7.14. The Morgan fingerprint density at radius 2 is 1.96 bits per heavy atom. The maximum atomic E-state index is 5.77. The Morgan fingerprint density at radius 1 is 1.04 bits per heavy atom. The van der Waals surface area contributed by atoms with Crippen LogP contribution < -0.4 is 14.8 Å². The summed E-state index contributed by atoms with van der Waals surface area (Å²) in [6, 6.07) is 14.8. The topological polar surface area (TPSA) is 48.3 Å². The molecule has 6 rings (SSSR count). The van der Waals surface area contributed by atoms with Crippen molar-refractivity contribution in [3.05, 3.63) is 59.2 Å². The van der Waals surface area contributed by atoms with Crippen molar-refractivity contribution in [3.63, 3.8) is 0 Å². The first kappa shape index (κ1) is 16.2. The molecule has 140 valence electrons. The lowest BCUT2D eigenvalue weighted by molar-refractivity contribution is 0.171. The van der Waals surface area contributed by atoms with Gasteiger partial charge in [-0.1, -0.05) is 29.5 Å². The number of thiazole rings is 1. The molecule has 0 atom stereocenters. The van der Waals surface area contributed by atoms with E-state index in [0.29, 0.717) is 13.2 Å². The van der Waals surface area contributed by atoms with Gasteiger partial charge in [-0.05, 0) is 35.4 Å². The molecule has 2 aliphatic rings. The van der Waals surface area contributed by atoms with Crippen molar-refractivity contribution >= 4 is 22.2 Å². The highest BCUT2D eigenvalue weighted by Gasteiger charge is 2.18. The Hall–Kier alpha value is -2.83. The second kappa shape index (κ2) is 6.36. The van der Waals surface area contributed by atoms with Gasteiger partial charge in [0.2, 0.25) is 0 Å². The van der Waals surface area contributed by atoms with Crippen LogP contribution in [0.4, 0.5) is 0 Å². The summed E-state index contributed by atoms with van der Waals surface area (Å²) >= 11 is 1.78. The van der Waals surface area contributed by atoms with Gasteiger partial charge >= 0.3 is 0 Å². The molecule has 0 fully saturated rings. The molecule has 5 nitrogen and oxygen atoms in total. The Labute approximate surface area is 166 Å². The van der Waals surface area contributed by atoms with E-state index in [1.54, 1.807) is 11.3 Å². The van der Waals surface area contributed by atoms with E-state index in [-0.39, 0.29) is 0 Å². The molecule has 1 N–H and O–H groups in total. The van der Waals surface area contributed by atoms with Gasteiger partial charge in [0.25, 0.3) is 0 Å². The summed E-state index contributed by atoms with van der Waals surface area (Å²) in [6.45, 7) is 3.14. The van der Waals surface area contributed by atoms with Gasteiger partial charge < -0.3 is 14.8 Å². The van der Waals surface area contributed by atoms with Crippen molar-refractivity contribution in [3.8, 4) is 27.8 Å². The molecule has 6 heteroatoms. The van der Waals surface area contributed by atoms with E-state index in [1.807, 2.05) is 6.07 Å². The van der Waals surface area contributed by atoms with E-state index < -0.39 is 0 Å². The van der Waals surface area contributed by atoms with Crippen LogP contribution in [0, 0.1) is 0 Å². The number of benzene rings is 2. The molecule has 28 heavy (non-hydrogen) atoms. The first-order valence-electron chi connectivity index (χ1n) is 9.56. The number of nitrogens with one attached hydrogen (secondary N) is 1. The van der Waals surface area contributed by atoms with E-state index >= 15 is 0 Å². The molecule has 0 aliphatic carbocycles. The fourth-order valence-corrected chi connectivity index (χ4v) is 5.09. The summed E-state index contributed by atoms with van der Waals surface area (Å²) in [4.78, 5) is 6.26. The quantitative estimate of drug-likeness (QED) is 0.559. The third kappa shape index (κ3) is 2.52. The summed E-state index contributed by atoms with van der Waals surface area (Å²) in [6.07, 6.45) is 3.14. The van der Waals surface area contributed by atoms with Crippen LogP contribution >= 0.6 is 11.3 Å². The second-order valence-electron chi connectivity index (χ2n) is 7.08. The first-order chi connectivity index (χ1) is 13.9. The van der Waals surface area contributed by atoms with Crippen LogP contribution in [-0.2, 0) is 13.0 Å². The van der Waals surface area contributed by atoms with E-state index in [2.05, 4.69) is 52.5 Å². The summed E-state index contributed by atoms with van der Waals surface area (Å²) < 4.78 is 13.6. The molecular weight excluding hydrogens is 370 g/mol. The monoisotopic (exact) mass is 389 g/mol. The second-order valence-corrected chi connectivity index (χ2v) is 8.14. The normalized spacial score (nSPS) is 15.6. The zero-order valence-corrected chi connectivity index (χ0v) is 16.1. The predicted molar refractivity (Wildman–Crippen MR) is 111 cm³/mol. The number of ether oxygens (including phenoxy) is 2. The maximum absolute atomic E-state index is 5.77. The minimum atomic E-state index is 0.598. The Bertz CT molecular complexity index is 1170. The number of fused-ring (bicyclic) bond motifs is 3. The molecule has 0 bridgehead atoms. The van der Waals surface area contributed by atoms with Crippen molar-refractivity contribution in [2.75, 3.05) is 19.8 Å². The summed E-state index contributed by atoms with van der Waals surface area (Å²) in [7, 11) is 0. The smallest absolute Gasteiger partial charge is 0.194 e. The highest BCUT2D eigenvalue weighted by Crippen LogP contribution is 2.38. The largest absolute Gasteiger partial charge is 0.486 e. The lowest BCUT2D eigenvalue weighted by atomic mass is 10.0. The number of nitrogens with zero attached hydrogens (tertiary/aromatic N) is 2. The number of hydrogen-bond acceptors (Lipinski definition) is 5. The molecule has 0 spiro atoms. The number of aromatic nitrogens is 2. The van der Waals surface area contributed by atoms with Gasteiger partial charge in [-0.3, -0.25) is 4.57 Å². The van der Waals surface area contributed by atoms with E-state index in [1.165, 1.54) is 27.0 Å². The fourth-order valence-electron chi connectivity index (χ4n) is 4.01. The molecule has 4 aromatic rings. The Balaban J connectivity index is 1.47. The van der Waals surface area contributed by atoms with Crippen LogP contribution in [0.3, 0.4) is 0 Å². The average molecular weight is 389 g/mol. The van der Waals surface area contributed by atoms with Gasteiger partial charge in [0, 0.05) is 36.0 Å². The SMILES string of the molecule is c1cc(-c2ccc3c(c2)OCCO3)c2ccn(-c3nc4c(s3)CNCC4)c2c1. The molecule has 0 saturated heterocycles. The molecule has 0 saturated carbocycles. The third-order valence-electron chi connectivity index (χ3n) is 5.38. The molecule has 4 heterocycles. The first-order valence-corrected chi connectivity index (χ1v) is 10.4. The zero-order chi connectivity index (χ0) is 18.5. The standard InChI is InChI=1S/C22H19N3O2S/c1-2-15(14-4-5-19-20(12-14)27-11-10-26-19)16-7-9-25(18(16)3-1)22-24-17-6-8-23-13-21(17)28-22/h1-5,7,9,12,23H,6,8,10-11,13H2. The van der Waals surface area contributed by atoms with Gasteiger partial charge in [-0.15, -0.1) is 0 Å². The third-order valence-corrected chi connectivity index (χ3v) is 6.48. The van der Waals surface area contributed by atoms with Gasteiger partial charge in [-0.2, -0.15) is 0 Å². The maximum Gasteiger partial charge on any atom is 0.194 e. The molecule has 0 radical (unpaired) electrons. The molecule has 2 aromatic heterocycles. The van der Waals surface area contributed by atoms with E-state index in [4.69, 9.17) is 14.5 Å². The van der Waals surface area contributed by atoms with Crippen LogP contribution in [0.15, 0.2) is 48.7 Å².